The summed E-state index contributed by atoms with van der Waals surface area (Å²) in [6, 6.07) is 1.97. The first-order valence-corrected chi connectivity index (χ1v) is 7.80. The fraction of sp³-hybridized carbons (Fsp3) is 0.625. The Labute approximate surface area is 126 Å². The lowest BCUT2D eigenvalue weighted by atomic mass is 9.98. The number of hydrogen-bond acceptors (Lipinski definition) is 4. The van der Waals surface area contributed by atoms with Gasteiger partial charge in [0.05, 0.1) is 5.56 Å². The minimum atomic E-state index is 0.0441. The molecule has 5 nitrogen and oxygen atoms in total. The van der Waals surface area contributed by atoms with Crippen molar-refractivity contribution in [3.05, 3.63) is 22.9 Å². The summed E-state index contributed by atoms with van der Waals surface area (Å²) in [7, 11) is 2.09. The lowest BCUT2D eigenvalue weighted by Gasteiger charge is -2.32. The largest absolute Gasteiger partial charge is 0.383 e. The maximum atomic E-state index is 12.7. The number of nitrogen functional groups attached to an aromatic ring is 1. The van der Waals surface area contributed by atoms with Crippen LogP contribution >= 0.6 is 0 Å². The second kappa shape index (κ2) is 5.64. The Balaban J connectivity index is 1.87. The van der Waals surface area contributed by atoms with Crippen LogP contribution in [0.3, 0.4) is 0 Å². The van der Waals surface area contributed by atoms with Crippen molar-refractivity contribution in [2.45, 2.75) is 32.7 Å². The molecule has 21 heavy (non-hydrogen) atoms. The van der Waals surface area contributed by atoms with Gasteiger partial charge in [-0.3, -0.25) is 4.79 Å². The standard InChI is InChI=1S/C16H24N4O/c1-11-4-3-6-20(9-11)16(21)13-8-12-10-19(2)7-5-14(12)18-15(13)17/h8,11H,3-7,9-10H2,1-2H3,(H2,17,18)/t11-/m1/s1. The number of fused-ring (bicyclic) bond motifs is 1. The lowest BCUT2D eigenvalue weighted by Crippen LogP contribution is -2.39. The monoisotopic (exact) mass is 288 g/mol. The van der Waals surface area contributed by atoms with Crippen LogP contribution in [0.15, 0.2) is 6.07 Å². The van der Waals surface area contributed by atoms with Crippen LogP contribution in [-0.4, -0.2) is 47.4 Å². The fourth-order valence-corrected chi connectivity index (χ4v) is 3.34. The van der Waals surface area contributed by atoms with E-state index in [9.17, 15) is 4.79 Å². The van der Waals surface area contributed by atoms with Gasteiger partial charge < -0.3 is 15.5 Å². The van der Waals surface area contributed by atoms with Crippen molar-refractivity contribution in [2.24, 2.45) is 5.92 Å². The molecule has 0 aliphatic carbocycles. The molecule has 2 N–H and O–H groups in total. The molecular weight excluding hydrogens is 264 g/mol. The summed E-state index contributed by atoms with van der Waals surface area (Å²) in [5.41, 5.74) is 8.83. The van der Waals surface area contributed by atoms with Gasteiger partial charge in [0.25, 0.3) is 5.91 Å². The molecule has 2 aliphatic rings. The number of amides is 1. The molecule has 1 amide bonds. The summed E-state index contributed by atoms with van der Waals surface area (Å²) < 4.78 is 0. The van der Waals surface area contributed by atoms with Crippen molar-refractivity contribution >= 4 is 11.7 Å². The molecule has 3 rings (SSSR count). The van der Waals surface area contributed by atoms with Gasteiger partial charge in [-0.05, 0) is 37.4 Å². The number of pyridine rings is 1. The molecule has 1 atom stereocenters. The Kier molecular flexibility index (Phi) is 3.85. The summed E-state index contributed by atoms with van der Waals surface area (Å²) >= 11 is 0. The normalized spacial score (nSPS) is 23.0. The van der Waals surface area contributed by atoms with E-state index >= 15 is 0 Å². The van der Waals surface area contributed by atoms with Crippen molar-refractivity contribution in [3.8, 4) is 0 Å². The molecule has 0 aromatic carbocycles. The van der Waals surface area contributed by atoms with Gasteiger partial charge in [0.2, 0.25) is 0 Å². The molecule has 0 radical (unpaired) electrons. The highest BCUT2D eigenvalue weighted by Gasteiger charge is 2.26. The molecular formula is C16H24N4O. The van der Waals surface area contributed by atoms with Gasteiger partial charge >= 0.3 is 0 Å². The quantitative estimate of drug-likeness (QED) is 0.851. The highest BCUT2D eigenvalue weighted by Crippen LogP contribution is 2.24. The number of carbonyl (C=O) groups is 1. The van der Waals surface area contributed by atoms with Crippen LogP contribution in [0.25, 0.3) is 0 Å². The minimum Gasteiger partial charge on any atom is -0.383 e. The van der Waals surface area contributed by atoms with Crippen molar-refractivity contribution in [1.29, 1.82) is 0 Å². The first-order valence-electron chi connectivity index (χ1n) is 7.80. The van der Waals surface area contributed by atoms with Crippen LogP contribution < -0.4 is 5.73 Å². The zero-order chi connectivity index (χ0) is 15.0. The first kappa shape index (κ1) is 14.3. The van der Waals surface area contributed by atoms with Crippen molar-refractivity contribution < 1.29 is 4.79 Å². The molecule has 3 heterocycles. The third kappa shape index (κ3) is 2.88. The Morgan fingerprint density at radius 1 is 1.43 bits per heavy atom. The predicted octanol–water partition coefficient (Wildman–Crippen LogP) is 1.52. The maximum Gasteiger partial charge on any atom is 0.257 e. The van der Waals surface area contributed by atoms with Gasteiger partial charge in [-0.15, -0.1) is 0 Å². The van der Waals surface area contributed by atoms with Gasteiger partial charge in [0.15, 0.2) is 0 Å². The Morgan fingerprint density at radius 2 is 2.24 bits per heavy atom. The number of likely N-dealkylation sites (N-methyl/N-ethyl adjacent to an activating group) is 1. The number of nitrogens with zero attached hydrogens (tertiary/aromatic N) is 3. The SMILES string of the molecule is C[C@@H]1CCCN(C(=O)c2cc3c(nc2N)CCN(C)C3)C1. The Morgan fingerprint density at radius 3 is 3.00 bits per heavy atom. The van der Waals surface area contributed by atoms with Gasteiger partial charge in [0, 0.05) is 38.3 Å². The summed E-state index contributed by atoms with van der Waals surface area (Å²) in [4.78, 5) is 21.4. The second-order valence-electron chi connectivity index (χ2n) is 6.51. The summed E-state index contributed by atoms with van der Waals surface area (Å²) in [5, 5.41) is 0. The number of rotatable bonds is 1. The molecule has 0 saturated carbocycles. The molecule has 5 heteroatoms. The number of hydrogen-bond donors (Lipinski definition) is 1. The van der Waals surface area contributed by atoms with E-state index in [-0.39, 0.29) is 5.91 Å². The second-order valence-corrected chi connectivity index (χ2v) is 6.51. The number of anilines is 1. The molecule has 1 fully saturated rings. The smallest absolute Gasteiger partial charge is 0.257 e. The topological polar surface area (TPSA) is 62.5 Å². The minimum absolute atomic E-state index is 0.0441. The number of aromatic nitrogens is 1. The Bertz CT molecular complexity index is 557. The average Bonchev–Trinajstić information content (AvgIpc) is 2.46. The van der Waals surface area contributed by atoms with Gasteiger partial charge in [0.1, 0.15) is 5.82 Å². The summed E-state index contributed by atoms with van der Waals surface area (Å²) in [6.07, 6.45) is 3.19. The van der Waals surface area contributed by atoms with E-state index in [0.29, 0.717) is 17.3 Å². The molecule has 1 saturated heterocycles. The third-order valence-corrected chi connectivity index (χ3v) is 4.57. The molecule has 0 spiro atoms. The van der Waals surface area contributed by atoms with E-state index in [1.165, 1.54) is 6.42 Å². The third-order valence-electron chi connectivity index (χ3n) is 4.57. The average molecular weight is 288 g/mol. The van der Waals surface area contributed by atoms with Crippen molar-refractivity contribution in [2.75, 3.05) is 32.4 Å². The maximum absolute atomic E-state index is 12.7. The van der Waals surface area contributed by atoms with Crippen LogP contribution in [0.4, 0.5) is 5.82 Å². The van der Waals surface area contributed by atoms with E-state index < -0.39 is 0 Å². The Hall–Kier alpha value is -1.62. The summed E-state index contributed by atoms with van der Waals surface area (Å²) in [5.74, 6) is 1.00. The number of carbonyl (C=O) groups excluding carboxylic acids is 1. The van der Waals surface area contributed by atoms with Gasteiger partial charge in [-0.2, -0.15) is 0 Å². The molecule has 1 aromatic rings. The molecule has 1 aromatic heterocycles. The van der Waals surface area contributed by atoms with Gasteiger partial charge in [-0.1, -0.05) is 6.92 Å². The van der Waals surface area contributed by atoms with E-state index in [4.69, 9.17) is 5.73 Å². The molecule has 0 bridgehead atoms. The predicted molar refractivity (Wildman–Crippen MR) is 83.0 cm³/mol. The zero-order valence-corrected chi connectivity index (χ0v) is 12.9. The fourth-order valence-electron chi connectivity index (χ4n) is 3.34. The van der Waals surface area contributed by atoms with E-state index in [2.05, 4.69) is 23.9 Å². The van der Waals surface area contributed by atoms with Crippen LogP contribution in [0, 0.1) is 5.92 Å². The van der Waals surface area contributed by atoms with Crippen LogP contribution in [0.1, 0.15) is 41.4 Å². The zero-order valence-electron chi connectivity index (χ0n) is 12.9. The number of nitrogens with two attached hydrogens (primary N) is 1. The highest BCUT2D eigenvalue weighted by molar-refractivity contribution is 5.98. The highest BCUT2D eigenvalue weighted by atomic mass is 16.2. The van der Waals surface area contributed by atoms with E-state index in [1.54, 1.807) is 0 Å². The molecule has 114 valence electrons. The van der Waals surface area contributed by atoms with Crippen molar-refractivity contribution in [3.63, 3.8) is 0 Å². The van der Waals surface area contributed by atoms with Crippen molar-refractivity contribution in [1.82, 2.24) is 14.8 Å². The van der Waals surface area contributed by atoms with E-state index in [0.717, 1.165) is 50.3 Å². The molecule has 0 unspecified atom stereocenters. The first-order chi connectivity index (χ1) is 10.0. The van der Waals surface area contributed by atoms with Gasteiger partial charge in [-0.25, -0.2) is 4.98 Å². The van der Waals surface area contributed by atoms with Crippen LogP contribution in [0.2, 0.25) is 0 Å². The number of piperidine rings is 1. The summed E-state index contributed by atoms with van der Waals surface area (Å²) in [6.45, 7) is 5.70. The van der Waals surface area contributed by atoms with E-state index in [1.807, 2.05) is 11.0 Å². The molecule has 2 aliphatic heterocycles. The number of likely N-dealkylation sites (tertiary alicyclic amines) is 1. The van der Waals surface area contributed by atoms with Crippen LogP contribution in [0.5, 0.6) is 0 Å². The lowest BCUT2D eigenvalue weighted by molar-refractivity contribution is 0.0683. The van der Waals surface area contributed by atoms with Crippen LogP contribution in [-0.2, 0) is 13.0 Å².